The number of aliphatic hydroxyl groups is 1. The first-order chi connectivity index (χ1) is 10.0. The molecule has 2 N–H and O–H groups in total. The Morgan fingerprint density at radius 3 is 2.14 bits per heavy atom. The van der Waals surface area contributed by atoms with Crippen molar-refractivity contribution in [2.24, 2.45) is 0 Å². The predicted octanol–water partition coefficient (Wildman–Crippen LogP) is 5.10. The second-order valence-corrected chi connectivity index (χ2v) is 5.32. The summed E-state index contributed by atoms with van der Waals surface area (Å²) in [7, 11) is 0. The molecule has 0 saturated heterocycles. The van der Waals surface area contributed by atoms with Crippen molar-refractivity contribution in [2.45, 2.75) is 84.2 Å². The van der Waals surface area contributed by atoms with Gasteiger partial charge >= 0.3 is 0 Å². The molecule has 0 fully saturated rings. The number of hydrogen-bond acceptors (Lipinski definition) is 2. The molecule has 0 aromatic carbocycles. The molecule has 0 radical (unpaired) electrons. The maximum absolute atomic E-state index is 9.73. The van der Waals surface area contributed by atoms with E-state index in [1.165, 1.54) is 44.9 Å². The van der Waals surface area contributed by atoms with E-state index in [0.717, 1.165) is 26.2 Å². The summed E-state index contributed by atoms with van der Waals surface area (Å²) in [6.45, 7) is 6.93. The van der Waals surface area contributed by atoms with Crippen LogP contribution in [0.25, 0.3) is 0 Å². The molecule has 0 rings (SSSR count). The van der Waals surface area contributed by atoms with Crippen LogP contribution in [0.4, 0.5) is 0 Å². The molecule has 0 amide bonds. The van der Waals surface area contributed by atoms with Gasteiger partial charge in [-0.3, -0.25) is 4.79 Å². The Balaban J connectivity index is 0. The van der Waals surface area contributed by atoms with Crippen LogP contribution < -0.4 is 0 Å². The molecule has 0 saturated carbocycles. The van der Waals surface area contributed by atoms with Crippen molar-refractivity contribution in [3.63, 3.8) is 0 Å². The normalized spacial score (nSPS) is 11.8. The SMILES string of the molecule is C=C/C=C/CCCCCCC(O)CCCCC.CC(=O)O. The Kier molecular flexibility index (Phi) is 20.0. The number of aliphatic hydroxyl groups excluding tert-OH is 1. The van der Waals surface area contributed by atoms with Crippen LogP contribution in [-0.4, -0.2) is 22.3 Å². The van der Waals surface area contributed by atoms with Crippen LogP contribution in [0.1, 0.15) is 78.1 Å². The van der Waals surface area contributed by atoms with Crippen molar-refractivity contribution in [3.05, 3.63) is 24.8 Å². The standard InChI is InChI=1S/C16H30O.C2H4O2/c1-3-5-7-8-9-10-11-13-15-16(17)14-12-6-4-2;1-2(3)4/h3,5,7,16-17H,1,4,6,8-15H2,2H3;1H3,(H,3,4)/b7-5+;. The highest BCUT2D eigenvalue weighted by atomic mass is 16.4. The molecular weight excluding hydrogens is 264 g/mol. The summed E-state index contributed by atoms with van der Waals surface area (Å²) in [5, 5.41) is 17.1. The van der Waals surface area contributed by atoms with Crippen molar-refractivity contribution in [1.82, 2.24) is 0 Å². The summed E-state index contributed by atoms with van der Waals surface area (Å²) in [5.41, 5.74) is 0. The third kappa shape index (κ3) is 27.9. The predicted molar refractivity (Wildman–Crippen MR) is 90.5 cm³/mol. The van der Waals surface area contributed by atoms with Gasteiger partial charge in [0.2, 0.25) is 0 Å². The van der Waals surface area contributed by atoms with E-state index in [1.807, 2.05) is 12.2 Å². The van der Waals surface area contributed by atoms with Crippen LogP contribution in [0.2, 0.25) is 0 Å². The Morgan fingerprint density at radius 1 is 1.10 bits per heavy atom. The van der Waals surface area contributed by atoms with Crippen LogP contribution in [0.5, 0.6) is 0 Å². The number of allylic oxidation sites excluding steroid dienone is 3. The summed E-state index contributed by atoms with van der Waals surface area (Å²) < 4.78 is 0. The fourth-order valence-electron chi connectivity index (χ4n) is 1.96. The van der Waals surface area contributed by atoms with Gasteiger partial charge in [0.15, 0.2) is 0 Å². The average molecular weight is 298 g/mol. The molecule has 21 heavy (non-hydrogen) atoms. The van der Waals surface area contributed by atoms with E-state index >= 15 is 0 Å². The molecule has 0 aromatic heterocycles. The number of carboxylic acid groups (broad SMARTS) is 1. The van der Waals surface area contributed by atoms with Gasteiger partial charge in [0.1, 0.15) is 0 Å². The largest absolute Gasteiger partial charge is 0.481 e. The van der Waals surface area contributed by atoms with Crippen molar-refractivity contribution < 1.29 is 15.0 Å². The van der Waals surface area contributed by atoms with E-state index in [1.54, 1.807) is 0 Å². The second kappa shape index (κ2) is 18.9. The number of unbranched alkanes of at least 4 members (excludes halogenated alkanes) is 6. The van der Waals surface area contributed by atoms with E-state index in [4.69, 9.17) is 9.90 Å². The third-order valence-electron chi connectivity index (χ3n) is 3.07. The van der Waals surface area contributed by atoms with E-state index in [-0.39, 0.29) is 6.10 Å². The highest BCUT2D eigenvalue weighted by molar-refractivity contribution is 5.62. The molecule has 0 aliphatic rings. The third-order valence-corrected chi connectivity index (χ3v) is 3.07. The zero-order valence-electron chi connectivity index (χ0n) is 13.9. The summed E-state index contributed by atoms with van der Waals surface area (Å²) in [6.07, 6.45) is 17.8. The zero-order valence-corrected chi connectivity index (χ0v) is 13.9. The van der Waals surface area contributed by atoms with E-state index < -0.39 is 5.97 Å². The van der Waals surface area contributed by atoms with Crippen LogP contribution in [0, 0.1) is 0 Å². The minimum atomic E-state index is -0.833. The minimum Gasteiger partial charge on any atom is -0.481 e. The van der Waals surface area contributed by atoms with Crippen molar-refractivity contribution in [1.29, 1.82) is 0 Å². The van der Waals surface area contributed by atoms with Gasteiger partial charge in [-0.25, -0.2) is 0 Å². The van der Waals surface area contributed by atoms with Gasteiger partial charge in [-0.1, -0.05) is 70.3 Å². The Bertz CT molecular complexity index is 255. The summed E-state index contributed by atoms with van der Waals surface area (Å²) in [6, 6.07) is 0. The lowest BCUT2D eigenvalue weighted by molar-refractivity contribution is -0.134. The van der Waals surface area contributed by atoms with Crippen molar-refractivity contribution in [2.75, 3.05) is 0 Å². The fraction of sp³-hybridized carbons (Fsp3) is 0.722. The Hall–Kier alpha value is -1.09. The van der Waals surface area contributed by atoms with E-state index in [9.17, 15) is 5.11 Å². The first kappa shape index (κ1) is 22.2. The molecule has 0 heterocycles. The molecule has 3 heteroatoms. The fourth-order valence-corrected chi connectivity index (χ4v) is 1.96. The minimum absolute atomic E-state index is 0.0535. The lowest BCUT2D eigenvalue weighted by Crippen LogP contribution is -2.05. The van der Waals surface area contributed by atoms with Gasteiger partial charge in [-0.15, -0.1) is 0 Å². The molecule has 3 nitrogen and oxygen atoms in total. The molecular formula is C18H34O3. The summed E-state index contributed by atoms with van der Waals surface area (Å²) in [4.78, 5) is 9.00. The first-order valence-electron chi connectivity index (χ1n) is 8.19. The number of rotatable bonds is 12. The maximum atomic E-state index is 9.73. The highest BCUT2D eigenvalue weighted by Crippen LogP contribution is 2.12. The topological polar surface area (TPSA) is 57.5 Å². The molecule has 1 unspecified atom stereocenters. The maximum Gasteiger partial charge on any atom is 0.300 e. The first-order valence-corrected chi connectivity index (χ1v) is 8.19. The highest BCUT2D eigenvalue weighted by Gasteiger charge is 2.02. The van der Waals surface area contributed by atoms with Crippen LogP contribution >= 0.6 is 0 Å². The summed E-state index contributed by atoms with van der Waals surface area (Å²) in [5.74, 6) is -0.833. The van der Waals surface area contributed by atoms with Gasteiger partial charge in [-0.05, 0) is 25.7 Å². The molecule has 0 aliphatic carbocycles. The van der Waals surface area contributed by atoms with Crippen molar-refractivity contribution in [3.8, 4) is 0 Å². The van der Waals surface area contributed by atoms with Crippen molar-refractivity contribution >= 4 is 5.97 Å². The molecule has 0 spiro atoms. The molecule has 1 atom stereocenters. The van der Waals surface area contributed by atoms with Gasteiger partial charge < -0.3 is 10.2 Å². The monoisotopic (exact) mass is 298 g/mol. The summed E-state index contributed by atoms with van der Waals surface area (Å²) >= 11 is 0. The van der Waals surface area contributed by atoms with Gasteiger partial charge in [-0.2, -0.15) is 0 Å². The zero-order chi connectivity index (χ0) is 16.3. The molecule has 0 bridgehead atoms. The average Bonchev–Trinajstić information content (AvgIpc) is 2.41. The van der Waals surface area contributed by atoms with Crippen LogP contribution in [-0.2, 0) is 4.79 Å². The van der Waals surface area contributed by atoms with E-state index in [0.29, 0.717) is 0 Å². The van der Waals surface area contributed by atoms with Gasteiger partial charge in [0, 0.05) is 6.92 Å². The number of hydrogen-bond donors (Lipinski definition) is 2. The number of carbonyl (C=O) groups is 1. The van der Waals surface area contributed by atoms with E-state index in [2.05, 4.69) is 19.6 Å². The van der Waals surface area contributed by atoms with Gasteiger partial charge in [0.25, 0.3) is 5.97 Å². The number of carboxylic acids is 1. The molecule has 0 aromatic rings. The quantitative estimate of drug-likeness (QED) is 0.389. The lowest BCUT2D eigenvalue weighted by atomic mass is 10.0. The number of aliphatic carboxylic acids is 1. The molecule has 0 aliphatic heterocycles. The smallest absolute Gasteiger partial charge is 0.300 e. The van der Waals surface area contributed by atoms with Crippen LogP contribution in [0.3, 0.4) is 0 Å². The van der Waals surface area contributed by atoms with Crippen LogP contribution in [0.15, 0.2) is 24.8 Å². The second-order valence-electron chi connectivity index (χ2n) is 5.32. The molecule has 124 valence electrons. The lowest BCUT2D eigenvalue weighted by Gasteiger charge is -2.09. The van der Waals surface area contributed by atoms with Gasteiger partial charge in [0.05, 0.1) is 6.10 Å². The Labute approximate surface area is 130 Å². The Morgan fingerprint density at radius 2 is 1.62 bits per heavy atom.